The minimum atomic E-state index is -5.08. The van der Waals surface area contributed by atoms with Crippen LogP contribution in [0.4, 0.5) is 17.6 Å². The fourth-order valence-electron chi connectivity index (χ4n) is 4.36. The standard InChI is InChI=1S/C19H25FN2O.C2HF3O2/c20-17-6-4-16(5-7-17)18(23)21-12-9-19(10-13-21)8-1-11-22(19)14-15-2-3-15;3-2(4,5)1(6)7/h4-7,15H,1-3,8-14H2;(H,6,7). The van der Waals surface area contributed by atoms with Gasteiger partial charge >= 0.3 is 12.1 Å². The lowest BCUT2D eigenvalue weighted by Crippen LogP contribution is -2.53. The fourth-order valence-corrected chi connectivity index (χ4v) is 4.36. The van der Waals surface area contributed by atoms with E-state index in [0.717, 1.165) is 31.8 Å². The summed E-state index contributed by atoms with van der Waals surface area (Å²) in [4.78, 5) is 26.1. The number of benzene rings is 1. The van der Waals surface area contributed by atoms with Crippen molar-refractivity contribution in [3.05, 3.63) is 35.6 Å². The number of carbonyl (C=O) groups is 2. The lowest BCUT2D eigenvalue weighted by molar-refractivity contribution is -0.192. The van der Waals surface area contributed by atoms with Crippen LogP contribution in [0.1, 0.15) is 48.9 Å². The molecule has 2 saturated heterocycles. The van der Waals surface area contributed by atoms with E-state index in [1.165, 1.54) is 50.9 Å². The van der Waals surface area contributed by atoms with Crippen LogP contribution in [0.2, 0.25) is 0 Å². The minimum absolute atomic E-state index is 0.0478. The number of rotatable bonds is 3. The molecule has 0 bridgehead atoms. The van der Waals surface area contributed by atoms with Gasteiger partial charge in [0.25, 0.3) is 5.91 Å². The molecule has 30 heavy (non-hydrogen) atoms. The van der Waals surface area contributed by atoms with Crippen LogP contribution in [0.25, 0.3) is 0 Å². The predicted molar refractivity (Wildman–Crippen MR) is 101 cm³/mol. The molecule has 1 amide bonds. The maximum Gasteiger partial charge on any atom is 0.490 e. The quantitative estimate of drug-likeness (QED) is 0.738. The second-order valence-corrected chi connectivity index (χ2v) is 8.32. The first kappa shape index (κ1) is 22.5. The number of piperidine rings is 1. The van der Waals surface area contributed by atoms with Gasteiger partial charge in [-0.1, -0.05) is 0 Å². The molecule has 1 aromatic carbocycles. The first-order valence-corrected chi connectivity index (χ1v) is 10.2. The third-order valence-corrected chi connectivity index (χ3v) is 6.23. The predicted octanol–water partition coefficient (Wildman–Crippen LogP) is 3.94. The summed E-state index contributed by atoms with van der Waals surface area (Å²) >= 11 is 0. The number of hydrogen-bond acceptors (Lipinski definition) is 3. The van der Waals surface area contributed by atoms with Crippen molar-refractivity contribution in [2.45, 2.75) is 50.2 Å². The first-order valence-electron chi connectivity index (χ1n) is 10.2. The summed E-state index contributed by atoms with van der Waals surface area (Å²) in [7, 11) is 0. The number of alkyl halides is 3. The molecule has 0 atom stereocenters. The second-order valence-electron chi connectivity index (χ2n) is 8.32. The van der Waals surface area contributed by atoms with E-state index in [2.05, 4.69) is 4.90 Å². The third-order valence-electron chi connectivity index (χ3n) is 6.23. The molecular weight excluding hydrogens is 404 g/mol. The highest BCUT2D eigenvalue weighted by Gasteiger charge is 2.45. The first-order chi connectivity index (χ1) is 14.1. The zero-order valence-corrected chi connectivity index (χ0v) is 16.6. The van der Waals surface area contributed by atoms with Gasteiger partial charge in [0, 0.05) is 30.7 Å². The number of carboxylic acid groups (broad SMARTS) is 1. The molecule has 3 aliphatic rings. The summed E-state index contributed by atoms with van der Waals surface area (Å²) in [6.07, 6.45) is 2.50. The molecule has 4 rings (SSSR count). The SMILES string of the molecule is O=C(O)C(F)(F)F.O=C(c1ccc(F)cc1)N1CCC2(CCCN2CC2CC2)CC1. The molecule has 0 unspecified atom stereocenters. The Balaban J connectivity index is 0.000000318. The van der Waals surface area contributed by atoms with Gasteiger partial charge in [-0.3, -0.25) is 9.69 Å². The number of halogens is 4. The lowest BCUT2D eigenvalue weighted by Gasteiger charge is -2.45. The van der Waals surface area contributed by atoms with Crippen LogP contribution in [-0.2, 0) is 4.79 Å². The number of carboxylic acids is 1. The highest BCUT2D eigenvalue weighted by Crippen LogP contribution is 2.41. The molecular formula is C21H26F4N2O3. The van der Waals surface area contributed by atoms with E-state index in [4.69, 9.17) is 9.90 Å². The number of carbonyl (C=O) groups excluding carboxylic acids is 1. The van der Waals surface area contributed by atoms with E-state index < -0.39 is 12.1 Å². The number of aliphatic carboxylic acids is 1. The van der Waals surface area contributed by atoms with Crippen LogP contribution in [0.5, 0.6) is 0 Å². The molecule has 3 fully saturated rings. The van der Waals surface area contributed by atoms with Crippen LogP contribution in [-0.4, -0.2) is 64.7 Å². The minimum Gasteiger partial charge on any atom is -0.475 e. The maximum absolute atomic E-state index is 13.0. The number of amides is 1. The zero-order valence-electron chi connectivity index (χ0n) is 16.6. The van der Waals surface area contributed by atoms with Gasteiger partial charge in [-0.15, -0.1) is 0 Å². The number of likely N-dealkylation sites (tertiary alicyclic amines) is 2. The zero-order chi connectivity index (χ0) is 21.9. The van der Waals surface area contributed by atoms with Crippen LogP contribution in [0.3, 0.4) is 0 Å². The smallest absolute Gasteiger partial charge is 0.475 e. The molecule has 2 heterocycles. The van der Waals surface area contributed by atoms with Crippen molar-refractivity contribution in [3.8, 4) is 0 Å². The summed E-state index contributed by atoms with van der Waals surface area (Å²) in [5.74, 6) is -2.07. The van der Waals surface area contributed by atoms with E-state index in [0.29, 0.717) is 11.1 Å². The van der Waals surface area contributed by atoms with Crippen LogP contribution in [0.15, 0.2) is 24.3 Å². The van der Waals surface area contributed by atoms with Crippen molar-refractivity contribution in [2.24, 2.45) is 5.92 Å². The van der Waals surface area contributed by atoms with Crippen molar-refractivity contribution in [3.63, 3.8) is 0 Å². The fraction of sp³-hybridized carbons (Fsp3) is 0.619. The Morgan fingerprint density at radius 1 is 1.03 bits per heavy atom. The molecule has 1 aromatic rings. The van der Waals surface area contributed by atoms with Gasteiger partial charge in [-0.2, -0.15) is 13.2 Å². The summed E-state index contributed by atoms with van der Waals surface area (Å²) in [6.45, 7) is 4.17. The van der Waals surface area contributed by atoms with E-state index >= 15 is 0 Å². The van der Waals surface area contributed by atoms with E-state index in [1.807, 2.05) is 4.90 Å². The van der Waals surface area contributed by atoms with Crippen molar-refractivity contribution in [1.82, 2.24) is 9.80 Å². The Bertz CT molecular complexity index is 755. The van der Waals surface area contributed by atoms with Crippen molar-refractivity contribution in [2.75, 3.05) is 26.2 Å². The lowest BCUT2D eigenvalue weighted by atomic mass is 9.84. The molecule has 1 aliphatic carbocycles. The Labute approximate surface area is 172 Å². The average molecular weight is 430 g/mol. The van der Waals surface area contributed by atoms with Crippen LogP contribution in [0, 0.1) is 11.7 Å². The van der Waals surface area contributed by atoms with Gasteiger partial charge < -0.3 is 10.0 Å². The van der Waals surface area contributed by atoms with Gasteiger partial charge in [0.05, 0.1) is 0 Å². The van der Waals surface area contributed by atoms with Crippen molar-refractivity contribution >= 4 is 11.9 Å². The molecule has 2 aliphatic heterocycles. The largest absolute Gasteiger partial charge is 0.490 e. The maximum atomic E-state index is 13.0. The molecule has 1 spiro atoms. The normalized spacial score (nSPS) is 21.3. The summed E-state index contributed by atoms with van der Waals surface area (Å²) in [5.41, 5.74) is 0.950. The Hall–Kier alpha value is -2.16. The van der Waals surface area contributed by atoms with Gasteiger partial charge in [-0.25, -0.2) is 9.18 Å². The molecule has 1 saturated carbocycles. The van der Waals surface area contributed by atoms with E-state index in [9.17, 15) is 22.4 Å². The highest BCUT2D eigenvalue weighted by atomic mass is 19.4. The summed E-state index contributed by atoms with van der Waals surface area (Å²) in [6, 6.07) is 5.92. The molecule has 0 aromatic heterocycles. The van der Waals surface area contributed by atoms with Crippen LogP contribution < -0.4 is 0 Å². The van der Waals surface area contributed by atoms with Gasteiger partial charge in [0.1, 0.15) is 5.82 Å². The monoisotopic (exact) mass is 430 g/mol. The van der Waals surface area contributed by atoms with Gasteiger partial charge in [-0.05, 0) is 75.3 Å². The molecule has 166 valence electrons. The average Bonchev–Trinajstić information content (AvgIpc) is 3.44. The highest BCUT2D eigenvalue weighted by molar-refractivity contribution is 5.94. The number of hydrogen-bond donors (Lipinski definition) is 1. The molecule has 1 N–H and O–H groups in total. The molecule has 0 radical (unpaired) electrons. The molecule has 5 nitrogen and oxygen atoms in total. The van der Waals surface area contributed by atoms with Gasteiger partial charge in [0.2, 0.25) is 0 Å². The topological polar surface area (TPSA) is 60.9 Å². The summed E-state index contributed by atoms with van der Waals surface area (Å²) < 4.78 is 44.8. The third kappa shape index (κ3) is 5.50. The van der Waals surface area contributed by atoms with Crippen molar-refractivity contribution < 1.29 is 32.3 Å². The van der Waals surface area contributed by atoms with E-state index in [-0.39, 0.29) is 11.7 Å². The second kappa shape index (κ2) is 8.91. The van der Waals surface area contributed by atoms with E-state index in [1.54, 1.807) is 12.1 Å². The Morgan fingerprint density at radius 3 is 2.10 bits per heavy atom. The summed E-state index contributed by atoms with van der Waals surface area (Å²) in [5, 5.41) is 7.12. The Kier molecular flexibility index (Phi) is 6.69. The van der Waals surface area contributed by atoms with Gasteiger partial charge in [0.15, 0.2) is 0 Å². The Morgan fingerprint density at radius 2 is 1.60 bits per heavy atom. The van der Waals surface area contributed by atoms with Crippen molar-refractivity contribution in [1.29, 1.82) is 0 Å². The van der Waals surface area contributed by atoms with Crippen LogP contribution >= 0.6 is 0 Å². The molecule has 9 heteroatoms. The number of nitrogens with zero attached hydrogens (tertiary/aromatic N) is 2.